The lowest BCUT2D eigenvalue weighted by molar-refractivity contribution is 0.331. The SMILES string of the molecule is O=S(=O)(NCc1ccc(CN2CCCC2)cc1)c1ccc(F)cc1. The number of nitrogens with one attached hydrogen (secondary N) is 1. The Kier molecular flexibility index (Phi) is 5.28. The second kappa shape index (κ2) is 7.42. The molecule has 0 aliphatic carbocycles. The smallest absolute Gasteiger partial charge is 0.240 e. The Morgan fingerprint density at radius 1 is 0.917 bits per heavy atom. The van der Waals surface area contributed by atoms with Gasteiger partial charge >= 0.3 is 0 Å². The highest BCUT2D eigenvalue weighted by atomic mass is 32.2. The summed E-state index contributed by atoms with van der Waals surface area (Å²) in [5.41, 5.74) is 2.13. The predicted octanol–water partition coefficient (Wildman–Crippen LogP) is 2.90. The van der Waals surface area contributed by atoms with E-state index in [0.29, 0.717) is 0 Å². The number of likely N-dealkylation sites (tertiary alicyclic amines) is 1. The summed E-state index contributed by atoms with van der Waals surface area (Å²) in [5, 5.41) is 0. The Bertz CT molecular complexity index is 768. The molecule has 0 aromatic heterocycles. The third-order valence-electron chi connectivity index (χ3n) is 4.22. The van der Waals surface area contributed by atoms with Crippen LogP contribution >= 0.6 is 0 Å². The van der Waals surface area contributed by atoms with Crippen LogP contribution < -0.4 is 4.72 Å². The minimum absolute atomic E-state index is 0.0644. The molecule has 6 heteroatoms. The molecule has 1 saturated heterocycles. The average Bonchev–Trinajstić information content (AvgIpc) is 3.08. The van der Waals surface area contributed by atoms with Gasteiger partial charge in [0.05, 0.1) is 4.90 Å². The topological polar surface area (TPSA) is 49.4 Å². The molecule has 0 unspecified atom stereocenters. The third-order valence-corrected chi connectivity index (χ3v) is 5.64. The van der Waals surface area contributed by atoms with Crippen molar-refractivity contribution in [2.24, 2.45) is 0 Å². The minimum atomic E-state index is -3.63. The molecule has 0 bridgehead atoms. The van der Waals surface area contributed by atoms with E-state index in [0.717, 1.165) is 37.3 Å². The van der Waals surface area contributed by atoms with Gasteiger partial charge in [-0.2, -0.15) is 0 Å². The lowest BCUT2D eigenvalue weighted by atomic mass is 10.1. The summed E-state index contributed by atoms with van der Waals surface area (Å²) in [5.74, 6) is -0.456. The second-order valence-electron chi connectivity index (χ2n) is 6.08. The van der Waals surface area contributed by atoms with Gasteiger partial charge in [-0.15, -0.1) is 0 Å². The molecule has 1 aliphatic heterocycles. The Morgan fingerprint density at radius 2 is 1.50 bits per heavy atom. The maximum absolute atomic E-state index is 12.9. The Morgan fingerprint density at radius 3 is 2.12 bits per heavy atom. The fourth-order valence-corrected chi connectivity index (χ4v) is 3.85. The molecule has 1 N–H and O–H groups in total. The molecule has 2 aromatic carbocycles. The maximum Gasteiger partial charge on any atom is 0.240 e. The highest BCUT2D eigenvalue weighted by Gasteiger charge is 2.14. The normalized spacial score (nSPS) is 15.7. The van der Waals surface area contributed by atoms with Crippen LogP contribution in [0.25, 0.3) is 0 Å². The van der Waals surface area contributed by atoms with Crippen LogP contribution in [0.1, 0.15) is 24.0 Å². The van der Waals surface area contributed by atoms with Gasteiger partial charge in [0.15, 0.2) is 0 Å². The van der Waals surface area contributed by atoms with Crippen LogP contribution in [-0.2, 0) is 23.1 Å². The van der Waals surface area contributed by atoms with Crippen molar-refractivity contribution >= 4 is 10.0 Å². The molecule has 1 fully saturated rings. The van der Waals surface area contributed by atoms with Crippen molar-refractivity contribution in [2.75, 3.05) is 13.1 Å². The van der Waals surface area contributed by atoms with E-state index in [2.05, 4.69) is 9.62 Å². The Labute approximate surface area is 142 Å². The van der Waals surface area contributed by atoms with Crippen LogP contribution in [0.4, 0.5) is 4.39 Å². The third kappa shape index (κ3) is 4.41. The zero-order valence-electron chi connectivity index (χ0n) is 13.4. The molecule has 0 spiro atoms. The first-order valence-corrected chi connectivity index (χ1v) is 9.57. The lowest BCUT2D eigenvalue weighted by Crippen LogP contribution is -2.23. The van der Waals surface area contributed by atoms with Crippen LogP contribution in [-0.4, -0.2) is 26.4 Å². The van der Waals surface area contributed by atoms with E-state index in [1.165, 1.54) is 30.5 Å². The van der Waals surface area contributed by atoms with Gasteiger partial charge in [-0.05, 0) is 61.3 Å². The molecule has 24 heavy (non-hydrogen) atoms. The fourth-order valence-electron chi connectivity index (χ4n) is 2.84. The van der Waals surface area contributed by atoms with Crippen molar-refractivity contribution in [1.82, 2.24) is 9.62 Å². The predicted molar refractivity (Wildman–Crippen MR) is 91.4 cm³/mol. The zero-order chi connectivity index (χ0) is 17.0. The van der Waals surface area contributed by atoms with Crippen LogP contribution in [0.3, 0.4) is 0 Å². The number of nitrogens with zero attached hydrogens (tertiary/aromatic N) is 1. The van der Waals surface area contributed by atoms with Gasteiger partial charge in [0.2, 0.25) is 10.0 Å². The average molecular weight is 348 g/mol. The van der Waals surface area contributed by atoms with E-state index in [-0.39, 0.29) is 11.4 Å². The summed E-state index contributed by atoms with van der Waals surface area (Å²) in [6, 6.07) is 12.8. The molecule has 0 saturated carbocycles. The first-order valence-electron chi connectivity index (χ1n) is 8.08. The van der Waals surface area contributed by atoms with Crippen molar-refractivity contribution in [3.63, 3.8) is 0 Å². The number of benzene rings is 2. The first-order chi connectivity index (χ1) is 11.5. The molecule has 128 valence electrons. The molecular formula is C18H21FN2O2S. The largest absolute Gasteiger partial charge is 0.299 e. The minimum Gasteiger partial charge on any atom is -0.299 e. The number of halogens is 1. The van der Waals surface area contributed by atoms with Gasteiger partial charge < -0.3 is 0 Å². The van der Waals surface area contributed by atoms with Crippen LogP contribution in [0.2, 0.25) is 0 Å². The second-order valence-corrected chi connectivity index (χ2v) is 7.85. The Hall–Kier alpha value is -1.76. The van der Waals surface area contributed by atoms with Gasteiger partial charge in [-0.25, -0.2) is 17.5 Å². The quantitative estimate of drug-likeness (QED) is 0.873. The van der Waals surface area contributed by atoms with Crippen molar-refractivity contribution in [2.45, 2.75) is 30.8 Å². The molecule has 1 aliphatic rings. The van der Waals surface area contributed by atoms with E-state index < -0.39 is 15.8 Å². The van der Waals surface area contributed by atoms with Gasteiger partial charge in [-0.3, -0.25) is 4.90 Å². The maximum atomic E-state index is 12.9. The van der Waals surface area contributed by atoms with E-state index >= 15 is 0 Å². The van der Waals surface area contributed by atoms with Gasteiger partial charge in [0, 0.05) is 13.1 Å². The highest BCUT2D eigenvalue weighted by Crippen LogP contribution is 2.14. The van der Waals surface area contributed by atoms with Crippen molar-refractivity contribution in [3.05, 3.63) is 65.5 Å². The number of sulfonamides is 1. The molecule has 0 radical (unpaired) electrons. The molecule has 4 nitrogen and oxygen atoms in total. The molecule has 2 aromatic rings. The molecular weight excluding hydrogens is 327 g/mol. The van der Waals surface area contributed by atoms with E-state index in [1.807, 2.05) is 24.3 Å². The van der Waals surface area contributed by atoms with Crippen LogP contribution in [0.15, 0.2) is 53.4 Å². The first kappa shape index (κ1) is 17.1. The fraction of sp³-hybridized carbons (Fsp3) is 0.333. The number of rotatable bonds is 6. The highest BCUT2D eigenvalue weighted by molar-refractivity contribution is 7.89. The lowest BCUT2D eigenvalue weighted by Gasteiger charge is -2.14. The standard InChI is InChI=1S/C18H21FN2O2S/c19-17-7-9-18(10-8-17)24(22,23)20-13-15-3-5-16(6-4-15)14-21-11-1-2-12-21/h3-10,20H,1-2,11-14H2. The van der Waals surface area contributed by atoms with Gasteiger partial charge in [0.25, 0.3) is 0 Å². The van der Waals surface area contributed by atoms with Crippen molar-refractivity contribution < 1.29 is 12.8 Å². The summed E-state index contributed by atoms with van der Waals surface area (Å²) < 4.78 is 39.8. The summed E-state index contributed by atoms with van der Waals surface area (Å²) in [7, 11) is -3.63. The van der Waals surface area contributed by atoms with E-state index in [4.69, 9.17) is 0 Å². The summed E-state index contributed by atoms with van der Waals surface area (Å²) in [6.07, 6.45) is 2.53. The molecule has 1 heterocycles. The molecule has 0 amide bonds. The summed E-state index contributed by atoms with van der Waals surface area (Å²) in [6.45, 7) is 3.46. The Balaban J connectivity index is 1.58. The summed E-state index contributed by atoms with van der Waals surface area (Å²) >= 11 is 0. The summed E-state index contributed by atoms with van der Waals surface area (Å²) in [4.78, 5) is 2.49. The van der Waals surface area contributed by atoms with E-state index in [9.17, 15) is 12.8 Å². The molecule has 0 atom stereocenters. The monoisotopic (exact) mass is 348 g/mol. The number of hydrogen-bond donors (Lipinski definition) is 1. The number of hydrogen-bond acceptors (Lipinski definition) is 3. The van der Waals surface area contributed by atoms with Gasteiger partial charge in [0.1, 0.15) is 5.82 Å². The van der Waals surface area contributed by atoms with Crippen molar-refractivity contribution in [1.29, 1.82) is 0 Å². The van der Waals surface area contributed by atoms with Crippen molar-refractivity contribution in [3.8, 4) is 0 Å². The zero-order valence-corrected chi connectivity index (χ0v) is 14.2. The van der Waals surface area contributed by atoms with E-state index in [1.54, 1.807) is 0 Å². The van der Waals surface area contributed by atoms with Crippen LogP contribution in [0, 0.1) is 5.82 Å². The van der Waals surface area contributed by atoms with Gasteiger partial charge in [-0.1, -0.05) is 24.3 Å². The molecule has 3 rings (SSSR count). The van der Waals surface area contributed by atoms with Crippen LogP contribution in [0.5, 0.6) is 0 Å².